The minimum Gasteiger partial charge on any atom is -0.497 e. The van der Waals surface area contributed by atoms with Crippen LogP contribution in [0, 0.1) is 0 Å². The number of amides is 1. The van der Waals surface area contributed by atoms with E-state index in [4.69, 9.17) is 13.9 Å². The van der Waals surface area contributed by atoms with Crippen molar-refractivity contribution in [2.45, 2.75) is 6.61 Å². The molecule has 0 unspecified atom stereocenters. The van der Waals surface area contributed by atoms with Crippen LogP contribution in [0.4, 0.5) is 5.69 Å². The molecule has 0 spiro atoms. The summed E-state index contributed by atoms with van der Waals surface area (Å²) in [6.45, 7) is 0.0887. The van der Waals surface area contributed by atoms with Gasteiger partial charge in [0.2, 0.25) is 5.89 Å². The molecule has 0 aliphatic carbocycles. The molecule has 1 amide bonds. The molecule has 0 fully saturated rings. The average molecular weight is 455 g/mol. The van der Waals surface area contributed by atoms with Gasteiger partial charge in [-0.05, 0) is 42.5 Å². The van der Waals surface area contributed by atoms with E-state index in [1.165, 1.54) is 0 Å². The summed E-state index contributed by atoms with van der Waals surface area (Å²) >= 11 is 0. The van der Waals surface area contributed by atoms with Crippen molar-refractivity contribution in [3.63, 3.8) is 0 Å². The number of ether oxygens (including phenoxy) is 2. The number of nitrogens with zero attached hydrogens (tertiary/aromatic N) is 4. The second kappa shape index (κ2) is 9.07. The van der Waals surface area contributed by atoms with Crippen LogP contribution in [0.1, 0.15) is 16.4 Å². The number of benzene rings is 3. The van der Waals surface area contributed by atoms with Crippen LogP contribution in [0.3, 0.4) is 0 Å². The number of carbonyl (C=O) groups excluding carboxylic acids is 1. The lowest BCUT2D eigenvalue weighted by atomic mass is 10.2. The van der Waals surface area contributed by atoms with E-state index in [1.54, 1.807) is 36.1 Å². The number of para-hydroxylation sites is 1. The molecule has 0 atom stereocenters. The predicted octanol–water partition coefficient (Wildman–Crippen LogP) is 4.46. The van der Waals surface area contributed by atoms with Crippen LogP contribution in [-0.2, 0) is 13.7 Å². The average Bonchev–Trinajstić information content (AvgIpc) is 3.48. The Morgan fingerprint density at radius 2 is 1.82 bits per heavy atom. The molecule has 2 aromatic heterocycles. The Balaban J connectivity index is 1.25. The Morgan fingerprint density at radius 3 is 2.65 bits per heavy atom. The van der Waals surface area contributed by atoms with Crippen LogP contribution in [0.2, 0.25) is 0 Å². The highest BCUT2D eigenvalue weighted by atomic mass is 16.5. The van der Waals surface area contributed by atoms with E-state index in [-0.39, 0.29) is 12.5 Å². The van der Waals surface area contributed by atoms with Crippen LogP contribution in [0.25, 0.3) is 22.4 Å². The maximum Gasteiger partial charge on any atom is 0.276 e. The molecule has 5 aromatic rings. The Morgan fingerprint density at radius 1 is 1.00 bits per heavy atom. The van der Waals surface area contributed by atoms with Crippen molar-refractivity contribution in [3.05, 3.63) is 84.4 Å². The number of hydrogen-bond acceptors (Lipinski definition) is 7. The lowest BCUT2D eigenvalue weighted by molar-refractivity contribution is 0.102. The van der Waals surface area contributed by atoms with E-state index in [9.17, 15) is 4.79 Å². The zero-order valence-corrected chi connectivity index (χ0v) is 18.6. The van der Waals surface area contributed by atoms with Gasteiger partial charge in [0.25, 0.3) is 11.8 Å². The molecule has 2 heterocycles. The van der Waals surface area contributed by atoms with Gasteiger partial charge in [-0.1, -0.05) is 24.3 Å². The van der Waals surface area contributed by atoms with Crippen LogP contribution in [-0.4, -0.2) is 33.0 Å². The maximum atomic E-state index is 12.8. The Bertz CT molecular complexity index is 1460. The topological polar surface area (TPSA) is 104 Å². The second-order valence-electron chi connectivity index (χ2n) is 7.49. The molecule has 0 aliphatic rings. The van der Waals surface area contributed by atoms with E-state index in [0.717, 1.165) is 22.2 Å². The van der Waals surface area contributed by atoms with Gasteiger partial charge in [0.15, 0.2) is 12.3 Å². The van der Waals surface area contributed by atoms with Gasteiger partial charge in [0.1, 0.15) is 11.5 Å². The third kappa shape index (κ3) is 4.31. The SMILES string of the molecule is COc1ccc(-c2nnc(COc3cccc(NC(=O)c4nn(C)c5ccccc45)c3)o2)cc1. The fourth-order valence-electron chi connectivity index (χ4n) is 3.54. The molecule has 0 radical (unpaired) electrons. The number of aryl methyl sites for hydroxylation is 1. The highest BCUT2D eigenvalue weighted by Gasteiger charge is 2.16. The largest absolute Gasteiger partial charge is 0.497 e. The fourth-order valence-corrected chi connectivity index (χ4v) is 3.54. The number of hydrogen-bond donors (Lipinski definition) is 1. The molecule has 170 valence electrons. The van der Waals surface area contributed by atoms with Gasteiger partial charge in [-0.25, -0.2) is 0 Å². The van der Waals surface area contributed by atoms with Gasteiger partial charge in [-0.3, -0.25) is 9.48 Å². The maximum absolute atomic E-state index is 12.8. The third-order valence-electron chi connectivity index (χ3n) is 5.23. The van der Waals surface area contributed by atoms with Crippen molar-refractivity contribution < 1.29 is 18.7 Å². The molecule has 0 aliphatic heterocycles. The highest BCUT2D eigenvalue weighted by molar-refractivity contribution is 6.11. The van der Waals surface area contributed by atoms with Crippen LogP contribution < -0.4 is 14.8 Å². The molecule has 0 saturated heterocycles. The molecular formula is C25H21N5O4. The quantitative estimate of drug-likeness (QED) is 0.386. The van der Waals surface area contributed by atoms with Crippen molar-refractivity contribution >= 4 is 22.5 Å². The molecule has 9 nitrogen and oxygen atoms in total. The van der Waals surface area contributed by atoms with Crippen molar-refractivity contribution in [1.29, 1.82) is 0 Å². The van der Waals surface area contributed by atoms with E-state index in [2.05, 4.69) is 20.6 Å². The van der Waals surface area contributed by atoms with E-state index >= 15 is 0 Å². The zero-order valence-electron chi connectivity index (χ0n) is 18.6. The second-order valence-corrected chi connectivity index (χ2v) is 7.49. The minimum atomic E-state index is -0.296. The van der Waals surface area contributed by atoms with Gasteiger partial charge in [-0.15, -0.1) is 10.2 Å². The van der Waals surface area contributed by atoms with Gasteiger partial charge in [-0.2, -0.15) is 5.10 Å². The van der Waals surface area contributed by atoms with Gasteiger partial charge in [0, 0.05) is 29.8 Å². The zero-order chi connectivity index (χ0) is 23.5. The van der Waals surface area contributed by atoms with Gasteiger partial charge < -0.3 is 19.2 Å². The standard InChI is InChI=1S/C25H21N5O4/c1-30-21-9-4-3-8-20(21)23(29-30)24(31)26-17-6-5-7-19(14-17)33-15-22-27-28-25(34-22)16-10-12-18(32-2)13-11-16/h3-14H,15H2,1-2H3,(H,26,31). The highest BCUT2D eigenvalue weighted by Crippen LogP contribution is 2.24. The number of aromatic nitrogens is 4. The summed E-state index contributed by atoms with van der Waals surface area (Å²) in [6, 6.07) is 22.0. The van der Waals surface area contributed by atoms with Crippen molar-refractivity contribution in [2.24, 2.45) is 7.05 Å². The van der Waals surface area contributed by atoms with Crippen LogP contribution in [0.15, 0.2) is 77.2 Å². The van der Waals surface area contributed by atoms with E-state index in [0.29, 0.717) is 28.9 Å². The molecule has 9 heteroatoms. The minimum absolute atomic E-state index is 0.0887. The summed E-state index contributed by atoms with van der Waals surface area (Å²) in [7, 11) is 3.42. The number of carbonyl (C=O) groups is 1. The molecule has 0 bridgehead atoms. The predicted molar refractivity (Wildman–Crippen MR) is 126 cm³/mol. The first-order valence-corrected chi connectivity index (χ1v) is 10.5. The van der Waals surface area contributed by atoms with Crippen molar-refractivity contribution in [3.8, 4) is 23.0 Å². The monoisotopic (exact) mass is 455 g/mol. The van der Waals surface area contributed by atoms with Crippen molar-refractivity contribution in [2.75, 3.05) is 12.4 Å². The molecular weight excluding hydrogens is 434 g/mol. The summed E-state index contributed by atoms with van der Waals surface area (Å²) in [5, 5.41) is 16.1. The van der Waals surface area contributed by atoms with Gasteiger partial charge >= 0.3 is 0 Å². The number of methoxy groups -OCH3 is 1. The smallest absolute Gasteiger partial charge is 0.276 e. The van der Waals surface area contributed by atoms with E-state index in [1.807, 2.05) is 55.6 Å². The van der Waals surface area contributed by atoms with Gasteiger partial charge in [0.05, 0.1) is 12.6 Å². The van der Waals surface area contributed by atoms with Crippen molar-refractivity contribution in [1.82, 2.24) is 20.0 Å². The lowest BCUT2D eigenvalue weighted by Crippen LogP contribution is -2.13. The summed E-state index contributed by atoms with van der Waals surface area (Å²) in [5.74, 6) is 1.72. The first kappa shape index (κ1) is 21.2. The molecule has 34 heavy (non-hydrogen) atoms. The third-order valence-corrected chi connectivity index (χ3v) is 5.23. The summed E-state index contributed by atoms with van der Waals surface area (Å²) in [5.41, 5.74) is 2.62. The number of nitrogens with one attached hydrogen (secondary N) is 1. The summed E-state index contributed by atoms with van der Waals surface area (Å²) < 4.78 is 18.3. The fraction of sp³-hybridized carbons (Fsp3) is 0.120. The Labute approximate surface area is 194 Å². The van der Waals surface area contributed by atoms with Crippen LogP contribution >= 0.6 is 0 Å². The summed E-state index contributed by atoms with van der Waals surface area (Å²) in [6.07, 6.45) is 0. The summed E-state index contributed by atoms with van der Waals surface area (Å²) in [4.78, 5) is 12.8. The number of anilines is 1. The van der Waals surface area contributed by atoms with Crippen LogP contribution in [0.5, 0.6) is 11.5 Å². The molecule has 1 N–H and O–H groups in total. The number of fused-ring (bicyclic) bond motifs is 1. The molecule has 0 saturated carbocycles. The first-order chi connectivity index (χ1) is 16.6. The number of rotatable bonds is 7. The van der Waals surface area contributed by atoms with E-state index < -0.39 is 0 Å². The Hall–Kier alpha value is -4.66. The Kier molecular flexibility index (Phi) is 5.65. The molecule has 3 aromatic carbocycles. The first-order valence-electron chi connectivity index (χ1n) is 10.5. The normalized spacial score (nSPS) is 10.9. The molecule has 5 rings (SSSR count). The lowest BCUT2D eigenvalue weighted by Gasteiger charge is -2.07.